The maximum absolute atomic E-state index is 12.2. The van der Waals surface area contributed by atoms with Crippen molar-refractivity contribution in [1.82, 2.24) is 9.55 Å². The van der Waals surface area contributed by atoms with Gasteiger partial charge in [-0.05, 0) is 53.9 Å². The van der Waals surface area contributed by atoms with Crippen LogP contribution in [-0.4, -0.2) is 22.8 Å². The molecule has 0 bridgehead atoms. The van der Waals surface area contributed by atoms with Gasteiger partial charge in [-0.2, -0.15) is 0 Å². The first-order valence-electron chi connectivity index (χ1n) is 8.42. The molecule has 0 amide bonds. The minimum absolute atomic E-state index is 0.463. The zero-order valence-electron chi connectivity index (χ0n) is 14.7. The third-order valence-electron chi connectivity index (χ3n) is 5.07. The van der Waals surface area contributed by atoms with Crippen molar-refractivity contribution in [3.8, 4) is 11.5 Å². The van der Waals surface area contributed by atoms with Gasteiger partial charge in [0.05, 0.1) is 7.11 Å². The molecule has 0 N–H and O–H groups in total. The third kappa shape index (κ3) is 3.03. The second-order valence-corrected chi connectivity index (χ2v) is 6.78. The fraction of sp³-hybridized carbons (Fsp3) is 0.474. The van der Waals surface area contributed by atoms with Gasteiger partial charge in [-0.1, -0.05) is 20.8 Å². The van der Waals surface area contributed by atoms with Crippen LogP contribution in [0, 0.1) is 11.8 Å². The lowest BCUT2D eigenvalue weighted by atomic mass is 9.71. The number of imidazole rings is 1. The molecule has 5 nitrogen and oxygen atoms in total. The molecule has 1 heterocycles. The molecule has 5 heteroatoms. The van der Waals surface area contributed by atoms with Gasteiger partial charge in [0, 0.05) is 12.4 Å². The molecule has 0 fully saturated rings. The first-order valence-corrected chi connectivity index (χ1v) is 8.42. The number of methoxy groups -OCH3 is 1. The summed E-state index contributed by atoms with van der Waals surface area (Å²) in [4.78, 5) is 16.0. The van der Waals surface area contributed by atoms with Gasteiger partial charge >= 0.3 is 6.09 Å². The van der Waals surface area contributed by atoms with Crippen LogP contribution in [0.15, 0.2) is 30.9 Å². The minimum Gasteiger partial charge on any atom is -0.493 e. The first-order chi connectivity index (χ1) is 11.5. The van der Waals surface area contributed by atoms with Crippen LogP contribution in [0.1, 0.15) is 44.2 Å². The molecule has 1 aliphatic rings. The highest BCUT2D eigenvalue weighted by Crippen LogP contribution is 2.44. The molecule has 2 aromatic rings. The number of rotatable bonds is 3. The Morgan fingerprint density at radius 3 is 2.75 bits per heavy atom. The normalized spacial score (nSPS) is 19.9. The van der Waals surface area contributed by atoms with E-state index in [0.29, 0.717) is 29.3 Å². The van der Waals surface area contributed by atoms with Gasteiger partial charge in [0.25, 0.3) is 0 Å². The van der Waals surface area contributed by atoms with Gasteiger partial charge in [0.2, 0.25) is 0 Å². The number of aryl methyl sites for hydroxylation is 1. The number of nitrogens with zero attached hydrogens (tertiary/aromatic N) is 2. The maximum atomic E-state index is 12.2. The van der Waals surface area contributed by atoms with E-state index in [1.165, 1.54) is 22.0 Å². The maximum Gasteiger partial charge on any atom is 0.424 e. The van der Waals surface area contributed by atoms with Crippen molar-refractivity contribution < 1.29 is 14.3 Å². The molecule has 2 atom stereocenters. The number of hydrogen-bond acceptors (Lipinski definition) is 4. The Bertz CT molecular complexity index is 722. The van der Waals surface area contributed by atoms with Gasteiger partial charge in [0.15, 0.2) is 11.5 Å². The van der Waals surface area contributed by atoms with Crippen LogP contribution in [0.2, 0.25) is 0 Å². The second kappa shape index (κ2) is 6.67. The first kappa shape index (κ1) is 16.6. The number of ether oxygens (including phenoxy) is 2. The Balaban J connectivity index is 1.91. The Kier molecular flexibility index (Phi) is 4.60. The van der Waals surface area contributed by atoms with E-state index in [4.69, 9.17) is 9.47 Å². The van der Waals surface area contributed by atoms with Crippen molar-refractivity contribution in [2.24, 2.45) is 11.8 Å². The fourth-order valence-corrected chi connectivity index (χ4v) is 3.72. The van der Waals surface area contributed by atoms with Crippen LogP contribution in [0.3, 0.4) is 0 Å². The SMILES string of the molecule is COc1cc2c(cc1OC(=O)n1ccnc1)CCC(C(C)C)C2C. The lowest BCUT2D eigenvalue weighted by Crippen LogP contribution is -2.23. The molecule has 0 radical (unpaired) electrons. The van der Waals surface area contributed by atoms with E-state index in [0.717, 1.165) is 12.8 Å². The molecule has 1 aromatic carbocycles. The van der Waals surface area contributed by atoms with Gasteiger partial charge in [-0.15, -0.1) is 0 Å². The smallest absolute Gasteiger partial charge is 0.424 e. The summed E-state index contributed by atoms with van der Waals surface area (Å²) in [6.07, 6.45) is 6.19. The molecule has 0 saturated heterocycles. The summed E-state index contributed by atoms with van der Waals surface area (Å²) in [5.74, 6) is 2.85. The summed E-state index contributed by atoms with van der Waals surface area (Å²) < 4.78 is 12.3. The Morgan fingerprint density at radius 2 is 2.12 bits per heavy atom. The molecule has 0 aliphatic heterocycles. The highest BCUT2D eigenvalue weighted by atomic mass is 16.6. The zero-order valence-corrected chi connectivity index (χ0v) is 14.7. The van der Waals surface area contributed by atoms with E-state index in [2.05, 4.69) is 25.8 Å². The largest absolute Gasteiger partial charge is 0.493 e. The lowest BCUT2D eigenvalue weighted by molar-refractivity contribution is 0.200. The molecule has 24 heavy (non-hydrogen) atoms. The van der Waals surface area contributed by atoms with E-state index in [1.54, 1.807) is 19.5 Å². The molecule has 0 saturated carbocycles. The minimum atomic E-state index is -0.491. The van der Waals surface area contributed by atoms with E-state index >= 15 is 0 Å². The van der Waals surface area contributed by atoms with Crippen molar-refractivity contribution in [3.63, 3.8) is 0 Å². The van der Waals surface area contributed by atoms with E-state index in [1.807, 2.05) is 12.1 Å². The Hall–Kier alpha value is -2.30. The molecule has 3 rings (SSSR count). The summed E-state index contributed by atoms with van der Waals surface area (Å²) in [6, 6.07) is 3.99. The number of benzene rings is 1. The second-order valence-electron chi connectivity index (χ2n) is 6.78. The topological polar surface area (TPSA) is 53.4 Å². The molecule has 2 unspecified atom stereocenters. The quantitative estimate of drug-likeness (QED) is 0.845. The van der Waals surface area contributed by atoms with Crippen LogP contribution in [0.4, 0.5) is 4.79 Å². The molecular formula is C19H24N2O3. The summed E-state index contributed by atoms with van der Waals surface area (Å²) in [7, 11) is 1.60. The molecular weight excluding hydrogens is 304 g/mol. The lowest BCUT2D eigenvalue weighted by Gasteiger charge is -2.34. The van der Waals surface area contributed by atoms with Crippen LogP contribution in [0.5, 0.6) is 11.5 Å². The highest BCUT2D eigenvalue weighted by Gasteiger charge is 2.30. The predicted molar refractivity (Wildman–Crippen MR) is 91.7 cm³/mol. The van der Waals surface area contributed by atoms with E-state index in [-0.39, 0.29) is 0 Å². The molecule has 128 valence electrons. The van der Waals surface area contributed by atoms with E-state index < -0.39 is 6.09 Å². The number of carbonyl (C=O) groups is 1. The van der Waals surface area contributed by atoms with Crippen LogP contribution >= 0.6 is 0 Å². The van der Waals surface area contributed by atoms with Crippen molar-refractivity contribution in [1.29, 1.82) is 0 Å². The highest BCUT2D eigenvalue weighted by molar-refractivity contribution is 5.74. The Morgan fingerprint density at radius 1 is 1.33 bits per heavy atom. The fourth-order valence-electron chi connectivity index (χ4n) is 3.72. The van der Waals surface area contributed by atoms with Crippen molar-refractivity contribution >= 4 is 6.09 Å². The number of aromatic nitrogens is 2. The van der Waals surface area contributed by atoms with Crippen LogP contribution in [-0.2, 0) is 6.42 Å². The number of fused-ring (bicyclic) bond motifs is 1. The summed E-state index contributed by atoms with van der Waals surface area (Å²) in [5.41, 5.74) is 2.55. The van der Waals surface area contributed by atoms with Crippen molar-refractivity contribution in [2.45, 2.75) is 39.5 Å². The molecule has 1 aliphatic carbocycles. The summed E-state index contributed by atoms with van der Waals surface area (Å²) >= 11 is 0. The average molecular weight is 328 g/mol. The average Bonchev–Trinajstić information content (AvgIpc) is 3.09. The van der Waals surface area contributed by atoms with Gasteiger partial charge < -0.3 is 9.47 Å². The van der Waals surface area contributed by atoms with Crippen molar-refractivity contribution in [2.75, 3.05) is 7.11 Å². The molecule has 1 aromatic heterocycles. The van der Waals surface area contributed by atoms with Gasteiger partial charge in [-0.25, -0.2) is 14.3 Å². The van der Waals surface area contributed by atoms with Crippen LogP contribution < -0.4 is 9.47 Å². The monoisotopic (exact) mass is 328 g/mol. The van der Waals surface area contributed by atoms with Crippen molar-refractivity contribution in [3.05, 3.63) is 42.0 Å². The van der Waals surface area contributed by atoms with E-state index in [9.17, 15) is 4.79 Å². The van der Waals surface area contributed by atoms with Gasteiger partial charge in [0.1, 0.15) is 6.33 Å². The number of hydrogen-bond donors (Lipinski definition) is 0. The predicted octanol–water partition coefficient (Wildman–Crippen LogP) is 4.26. The van der Waals surface area contributed by atoms with Gasteiger partial charge in [-0.3, -0.25) is 0 Å². The molecule has 0 spiro atoms. The van der Waals surface area contributed by atoms with Crippen LogP contribution in [0.25, 0.3) is 0 Å². The summed E-state index contributed by atoms with van der Waals surface area (Å²) in [5, 5.41) is 0. The Labute approximate surface area is 142 Å². The summed E-state index contributed by atoms with van der Waals surface area (Å²) in [6.45, 7) is 6.84. The number of carbonyl (C=O) groups excluding carboxylic acids is 1. The third-order valence-corrected chi connectivity index (χ3v) is 5.07. The zero-order chi connectivity index (χ0) is 17.3. The standard InChI is InChI=1S/C19H24N2O3/c1-12(2)15-6-5-14-9-18(17(23-4)10-16(14)13(15)3)24-19(22)21-8-7-20-11-21/h7-13,15H,5-6H2,1-4H3.